The van der Waals surface area contributed by atoms with Gasteiger partial charge in [-0.2, -0.15) is 8.75 Å². The van der Waals surface area contributed by atoms with Gasteiger partial charge in [0.25, 0.3) is 0 Å². The topological polar surface area (TPSA) is 34.0 Å². The summed E-state index contributed by atoms with van der Waals surface area (Å²) in [5, 5.41) is 2.59. The van der Waals surface area contributed by atoms with Crippen LogP contribution in [0.4, 0.5) is 17.1 Å². The first-order valence-electron chi connectivity index (χ1n) is 19.0. The molecular formula is C50H44N4S. The highest BCUT2D eigenvalue weighted by Crippen LogP contribution is 2.43. The van der Waals surface area contributed by atoms with E-state index in [1.807, 2.05) is 0 Å². The van der Waals surface area contributed by atoms with Crippen molar-refractivity contribution in [3.63, 3.8) is 0 Å². The van der Waals surface area contributed by atoms with Crippen molar-refractivity contribution in [2.24, 2.45) is 0 Å². The molecule has 55 heavy (non-hydrogen) atoms. The van der Waals surface area contributed by atoms with E-state index in [0.717, 1.165) is 44.9 Å². The van der Waals surface area contributed by atoms with E-state index in [-0.39, 0.29) is 10.8 Å². The van der Waals surface area contributed by atoms with Gasteiger partial charge in [0.2, 0.25) is 0 Å². The van der Waals surface area contributed by atoms with Crippen molar-refractivity contribution in [3.05, 3.63) is 169 Å². The van der Waals surface area contributed by atoms with Gasteiger partial charge in [-0.3, -0.25) is 0 Å². The zero-order chi connectivity index (χ0) is 37.9. The minimum absolute atomic E-state index is 0.0580. The first-order valence-corrected chi connectivity index (χ1v) is 19.7. The minimum atomic E-state index is 0.0580. The molecule has 5 heteroatoms. The Labute approximate surface area is 327 Å². The van der Waals surface area contributed by atoms with E-state index in [1.54, 1.807) is 0 Å². The normalized spacial score (nSPS) is 12.2. The molecule has 0 aliphatic carbocycles. The molecule has 0 N–H and O–H groups in total. The maximum Gasteiger partial charge on any atom is 0.129 e. The van der Waals surface area contributed by atoms with E-state index >= 15 is 0 Å². The molecule has 0 unspecified atom stereocenters. The van der Waals surface area contributed by atoms with Gasteiger partial charge in [0.05, 0.1) is 28.4 Å². The van der Waals surface area contributed by atoms with Gasteiger partial charge in [0.1, 0.15) is 11.0 Å². The Morgan fingerprint density at radius 1 is 0.473 bits per heavy atom. The summed E-state index contributed by atoms with van der Waals surface area (Å²) in [5.41, 5.74) is 15.8. The molecule has 0 saturated heterocycles. The summed E-state index contributed by atoms with van der Waals surface area (Å²) in [5.74, 6) is 0. The first-order chi connectivity index (χ1) is 26.5. The van der Waals surface area contributed by atoms with E-state index in [2.05, 4.69) is 209 Å². The predicted molar refractivity (Wildman–Crippen MR) is 235 cm³/mol. The van der Waals surface area contributed by atoms with Crippen LogP contribution in [0.2, 0.25) is 0 Å². The monoisotopic (exact) mass is 732 g/mol. The number of hydrogen-bond acceptors (Lipinski definition) is 4. The van der Waals surface area contributed by atoms with Gasteiger partial charge in [-0.25, -0.2) is 0 Å². The molecule has 2 heterocycles. The SMILES string of the molecule is CC(C)(C)c1ccc2c(c1)c1cc(C(C)(C)C)ccc1n2-c1ccc(-c2ccc(N(c3ccccc3)c3ccc(-c4ccccc4)cc3)c3nsnc23)cc1. The third kappa shape index (κ3) is 6.29. The number of anilines is 3. The minimum Gasteiger partial charge on any atom is -0.309 e. The molecular weight excluding hydrogens is 689 g/mol. The largest absolute Gasteiger partial charge is 0.309 e. The van der Waals surface area contributed by atoms with Crippen LogP contribution in [-0.4, -0.2) is 13.3 Å². The van der Waals surface area contributed by atoms with E-state index in [0.29, 0.717) is 0 Å². The summed E-state index contributed by atoms with van der Waals surface area (Å²) >= 11 is 1.26. The summed E-state index contributed by atoms with van der Waals surface area (Å²) in [6.45, 7) is 13.7. The Morgan fingerprint density at radius 3 is 1.56 bits per heavy atom. The molecule has 0 saturated carbocycles. The Morgan fingerprint density at radius 2 is 0.982 bits per heavy atom. The van der Waals surface area contributed by atoms with Gasteiger partial charge >= 0.3 is 0 Å². The van der Waals surface area contributed by atoms with Gasteiger partial charge in [0, 0.05) is 33.4 Å². The molecule has 9 aromatic rings. The molecule has 0 spiro atoms. The van der Waals surface area contributed by atoms with E-state index in [1.165, 1.54) is 55.8 Å². The molecule has 9 rings (SSSR count). The van der Waals surface area contributed by atoms with E-state index in [9.17, 15) is 0 Å². The molecule has 0 atom stereocenters. The maximum absolute atomic E-state index is 4.90. The fraction of sp³-hybridized carbons (Fsp3) is 0.160. The zero-order valence-electron chi connectivity index (χ0n) is 32.2. The molecule has 2 aromatic heterocycles. The van der Waals surface area contributed by atoms with Gasteiger partial charge in [-0.15, -0.1) is 0 Å². The Bertz CT molecular complexity index is 2730. The van der Waals surface area contributed by atoms with Gasteiger partial charge < -0.3 is 9.47 Å². The number of fused-ring (bicyclic) bond motifs is 4. The molecule has 0 amide bonds. The summed E-state index contributed by atoms with van der Waals surface area (Å²) in [7, 11) is 0. The van der Waals surface area contributed by atoms with Crippen molar-refractivity contribution in [2.75, 3.05) is 4.90 Å². The van der Waals surface area contributed by atoms with Crippen LogP contribution >= 0.6 is 11.7 Å². The van der Waals surface area contributed by atoms with Crippen LogP contribution in [0.25, 0.3) is 60.8 Å². The molecule has 270 valence electrons. The molecule has 0 aliphatic rings. The van der Waals surface area contributed by atoms with Crippen LogP contribution in [-0.2, 0) is 10.8 Å². The highest BCUT2D eigenvalue weighted by molar-refractivity contribution is 7.00. The highest BCUT2D eigenvalue weighted by atomic mass is 32.1. The molecule has 4 nitrogen and oxygen atoms in total. The maximum atomic E-state index is 4.90. The van der Waals surface area contributed by atoms with Crippen molar-refractivity contribution in [1.29, 1.82) is 0 Å². The Balaban J connectivity index is 1.13. The summed E-state index contributed by atoms with van der Waals surface area (Å²) in [4.78, 5) is 2.28. The summed E-state index contributed by atoms with van der Waals surface area (Å²) < 4.78 is 12.2. The van der Waals surface area contributed by atoms with Crippen LogP contribution in [0.5, 0.6) is 0 Å². The van der Waals surface area contributed by atoms with Crippen LogP contribution in [0.3, 0.4) is 0 Å². The average Bonchev–Trinajstić information content (AvgIpc) is 3.82. The second-order valence-electron chi connectivity index (χ2n) is 16.5. The van der Waals surface area contributed by atoms with Crippen molar-refractivity contribution >= 4 is 61.6 Å². The number of benzene rings is 7. The van der Waals surface area contributed by atoms with Crippen molar-refractivity contribution in [1.82, 2.24) is 13.3 Å². The number of rotatable bonds is 6. The van der Waals surface area contributed by atoms with Gasteiger partial charge in [-0.1, -0.05) is 126 Å². The summed E-state index contributed by atoms with van der Waals surface area (Å²) in [6.07, 6.45) is 0. The smallest absolute Gasteiger partial charge is 0.129 e. The van der Waals surface area contributed by atoms with Crippen LogP contribution in [0.15, 0.2) is 158 Å². The lowest BCUT2D eigenvalue weighted by Crippen LogP contribution is -2.10. The number of hydrogen-bond donors (Lipinski definition) is 0. The summed E-state index contributed by atoms with van der Waals surface area (Å²) in [6, 6.07) is 57.1. The third-order valence-electron chi connectivity index (χ3n) is 10.8. The number of nitrogens with zero attached hydrogens (tertiary/aromatic N) is 4. The molecule has 0 fully saturated rings. The predicted octanol–water partition coefficient (Wildman–Crippen LogP) is 14.2. The molecule has 0 bridgehead atoms. The van der Waals surface area contributed by atoms with Gasteiger partial charge in [-0.05, 0) is 111 Å². The lowest BCUT2D eigenvalue weighted by molar-refractivity contribution is 0.590. The van der Waals surface area contributed by atoms with Crippen molar-refractivity contribution < 1.29 is 0 Å². The average molecular weight is 733 g/mol. The zero-order valence-corrected chi connectivity index (χ0v) is 33.0. The molecule has 0 aliphatic heterocycles. The molecule has 7 aromatic carbocycles. The Kier molecular flexibility index (Phi) is 8.43. The number of aromatic nitrogens is 3. The Hall–Kier alpha value is -6.04. The van der Waals surface area contributed by atoms with E-state index < -0.39 is 0 Å². The van der Waals surface area contributed by atoms with Crippen LogP contribution < -0.4 is 4.90 Å². The fourth-order valence-electron chi connectivity index (χ4n) is 7.73. The van der Waals surface area contributed by atoms with Crippen molar-refractivity contribution in [2.45, 2.75) is 52.4 Å². The highest BCUT2D eigenvalue weighted by Gasteiger charge is 2.23. The van der Waals surface area contributed by atoms with Gasteiger partial charge in [0.15, 0.2) is 0 Å². The second-order valence-corrected chi connectivity index (χ2v) is 17.1. The quantitative estimate of drug-likeness (QED) is 0.171. The van der Waals surface area contributed by atoms with Crippen molar-refractivity contribution in [3.8, 4) is 27.9 Å². The van der Waals surface area contributed by atoms with Crippen LogP contribution in [0.1, 0.15) is 52.7 Å². The lowest BCUT2D eigenvalue weighted by atomic mass is 9.85. The first kappa shape index (κ1) is 34.7. The second kappa shape index (κ2) is 13.4. The molecule has 0 radical (unpaired) electrons. The third-order valence-corrected chi connectivity index (χ3v) is 11.3. The standard InChI is InChI=1S/C50H44N4S/c1-49(2,3)36-21-28-44-42(31-36)43-32-37(50(4,5)6)22-29-45(43)54(44)40-25-19-35(20-26-40)41-27-30-46(48-47(41)51-55-52-48)53(38-15-11-8-12-16-38)39-23-17-34(18-24-39)33-13-9-7-10-14-33/h7-32H,1-6H3. The van der Waals surface area contributed by atoms with E-state index in [4.69, 9.17) is 8.75 Å². The van der Waals surface area contributed by atoms with Crippen LogP contribution in [0, 0.1) is 0 Å². The fourth-order valence-corrected chi connectivity index (χ4v) is 8.30. The lowest BCUT2D eigenvalue weighted by Gasteiger charge is -2.26. The number of para-hydroxylation sites is 1.